The van der Waals surface area contributed by atoms with Crippen LogP contribution in [0.15, 0.2) is 24.5 Å². The van der Waals surface area contributed by atoms with Crippen molar-refractivity contribution in [2.45, 2.75) is 20.8 Å². The fourth-order valence-corrected chi connectivity index (χ4v) is 2.16. The van der Waals surface area contributed by atoms with Gasteiger partial charge in [0.2, 0.25) is 0 Å². The highest BCUT2D eigenvalue weighted by Crippen LogP contribution is 2.23. The lowest BCUT2D eigenvalue weighted by Gasteiger charge is -2.07. The van der Waals surface area contributed by atoms with Crippen molar-refractivity contribution in [2.75, 3.05) is 5.73 Å². The fourth-order valence-electron chi connectivity index (χ4n) is 2.16. The predicted octanol–water partition coefficient (Wildman–Crippen LogP) is 2.32. The fraction of sp³-hybridized carbons (Fsp3) is 0.214. The molecule has 5 nitrogen and oxygen atoms in total. The zero-order valence-electron chi connectivity index (χ0n) is 11.2. The molecular weight excluding hydrogens is 238 g/mol. The molecule has 2 aromatic heterocycles. The Hall–Kier alpha value is -2.43. The molecule has 2 N–H and O–H groups in total. The maximum absolute atomic E-state index is 5.86. The van der Waals surface area contributed by atoms with E-state index in [9.17, 15) is 0 Å². The zero-order valence-corrected chi connectivity index (χ0v) is 11.2. The SMILES string of the molecule is Cc1nn(-c2ncnc3ccc(N)cc23)c(C)c1C. The lowest BCUT2D eigenvalue weighted by molar-refractivity contribution is 0.809. The summed E-state index contributed by atoms with van der Waals surface area (Å²) in [6.07, 6.45) is 1.56. The molecule has 0 aliphatic rings. The van der Waals surface area contributed by atoms with Gasteiger partial charge in [-0.05, 0) is 44.5 Å². The molecule has 0 spiro atoms. The highest BCUT2D eigenvalue weighted by atomic mass is 15.3. The Balaban J connectivity index is 2.36. The van der Waals surface area contributed by atoms with Crippen LogP contribution in [-0.2, 0) is 0 Å². The molecule has 0 bridgehead atoms. The van der Waals surface area contributed by atoms with Crippen LogP contribution < -0.4 is 5.73 Å². The highest BCUT2D eigenvalue weighted by molar-refractivity contribution is 5.87. The van der Waals surface area contributed by atoms with Crippen LogP contribution in [0.2, 0.25) is 0 Å². The minimum Gasteiger partial charge on any atom is -0.399 e. The molecule has 5 heteroatoms. The topological polar surface area (TPSA) is 69.6 Å². The number of nitrogens with zero attached hydrogens (tertiary/aromatic N) is 4. The van der Waals surface area contributed by atoms with Crippen LogP contribution >= 0.6 is 0 Å². The molecule has 0 aliphatic heterocycles. The van der Waals surface area contributed by atoms with Crippen LogP contribution in [0.4, 0.5) is 5.69 Å². The third-order valence-electron chi connectivity index (χ3n) is 3.49. The molecule has 0 fully saturated rings. The van der Waals surface area contributed by atoms with Crippen molar-refractivity contribution in [2.24, 2.45) is 0 Å². The van der Waals surface area contributed by atoms with Crippen LogP contribution in [0.1, 0.15) is 17.0 Å². The molecule has 3 rings (SSSR count). The summed E-state index contributed by atoms with van der Waals surface area (Å²) in [5.74, 6) is 0.769. The van der Waals surface area contributed by atoms with Gasteiger partial charge in [-0.3, -0.25) is 0 Å². The van der Waals surface area contributed by atoms with Gasteiger partial charge in [-0.2, -0.15) is 5.10 Å². The van der Waals surface area contributed by atoms with Gasteiger partial charge >= 0.3 is 0 Å². The van der Waals surface area contributed by atoms with E-state index in [2.05, 4.69) is 22.0 Å². The van der Waals surface area contributed by atoms with E-state index >= 15 is 0 Å². The second kappa shape index (κ2) is 4.05. The second-order valence-corrected chi connectivity index (χ2v) is 4.68. The average molecular weight is 253 g/mol. The Kier molecular flexibility index (Phi) is 2.48. The van der Waals surface area contributed by atoms with Gasteiger partial charge in [0, 0.05) is 16.8 Å². The van der Waals surface area contributed by atoms with Gasteiger partial charge in [0.15, 0.2) is 5.82 Å². The first kappa shape index (κ1) is 11.6. The molecule has 19 heavy (non-hydrogen) atoms. The van der Waals surface area contributed by atoms with E-state index in [0.29, 0.717) is 5.69 Å². The van der Waals surface area contributed by atoms with Gasteiger partial charge in [-0.25, -0.2) is 14.6 Å². The molecule has 1 aromatic carbocycles. The number of aryl methyl sites for hydroxylation is 1. The van der Waals surface area contributed by atoms with E-state index in [-0.39, 0.29) is 0 Å². The number of nitrogen functional groups attached to an aromatic ring is 1. The maximum atomic E-state index is 5.86. The van der Waals surface area contributed by atoms with E-state index in [1.54, 1.807) is 6.33 Å². The average Bonchev–Trinajstić information content (AvgIpc) is 2.66. The van der Waals surface area contributed by atoms with Crippen LogP contribution in [-0.4, -0.2) is 19.7 Å². The molecule has 0 atom stereocenters. The summed E-state index contributed by atoms with van der Waals surface area (Å²) >= 11 is 0. The first-order valence-electron chi connectivity index (χ1n) is 6.11. The van der Waals surface area contributed by atoms with Gasteiger partial charge in [0.25, 0.3) is 0 Å². The molecular formula is C14H15N5. The standard InChI is InChI=1S/C14H15N5/c1-8-9(2)18-19(10(8)3)14-12-6-11(15)4-5-13(12)16-7-17-14/h4-7H,15H2,1-3H3. The summed E-state index contributed by atoms with van der Waals surface area (Å²) in [5, 5.41) is 5.46. The quantitative estimate of drug-likeness (QED) is 0.676. The zero-order chi connectivity index (χ0) is 13.6. The summed E-state index contributed by atoms with van der Waals surface area (Å²) in [6, 6.07) is 5.62. The van der Waals surface area contributed by atoms with Gasteiger partial charge in [-0.15, -0.1) is 0 Å². The number of benzene rings is 1. The lowest BCUT2D eigenvalue weighted by Crippen LogP contribution is -2.04. The predicted molar refractivity (Wildman–Crippen MR) is 75.3 cm³/mol. The Morgan fingerprint density at radius 1 is 1.11 bits per heavy atom. The van der Waals surface area contributed by atoms with Crippen molar-refractivity contribution in [3.05, 3.63) is 41.5 Å². The number of aromatic nitrogens is 4. The Labute approximate surface area is 111 Å². The molecule has 0 saturated carbocycles. The van der Waals surface area contributed by atoms with E-state index in [4.69, 9.17) is 5.73 Å². The Morgan fingerprint density at radius 2 is 1.89 bits per heavy atom. The highest BCUT2D eigenvalue weighted by Gasteiger charge is 2.13. The van der Waals surface area contributed by atoms with Crippen LogP contribution in [0.3, 0.4) is 0 Å². The van der Waals surface area contributed by atoms with Crippen LogP contribution in [0, 0.1) is 20.8 Å². The minimum atomic E-state index is 0.696. The largest absolute Gasteiger partial charge is 0.399 e. The smallest absolute Gasteiger partial charge is 0.164 e. The molecule has 0 saturated heterocycles. The number of anilines is 1. The van der Waals surface area contributed by atoms with Crippen LogP contribution in [0.5, 0.6) is 0 Å². The molecule has 0 radical (unpaired) electrons. The third-order valence-corrected chi connectivity index (χ3v) is 3.49. The van der Waals surface area contributed by atoms with Crippen molar-refractivity contribution in [1.82, 2.24) is 19.7 Å². The summed E-state index contributed by atoms with van der Waals surface area (Å²) in [4.78, 5) is 8.63. The third kappa shape index (κ3) is 1.74. The number of hydrogen-bond donors (Lipinski definition) is 1. The molecule has 3 aromatic rings. The molecule has 0 amide bonds. The van der Waals surface area contributed by atoms with Gasteiger partial charge in [0.1, 0.15) is 6.33 Å². The monoisotopic (exact) mass is 253 g/mol. The van der Waals surface area contributed by atoms with Crippen molar-refractivity contribution >= 4 is 16.6 Å². The van der Waals surface area contributed by atoms with Crippen molar-refractivity contribution < 1.29 is 0 Å². The summed E-state index contributed by atoms with van der Waals surface area (Å²) in [7, 11) is 0. The van der Waals surface area contributed by atoms with Gasteiger partial charge in [0.05, 0.1) is 11.2 Å². The van der Waals surface area contributed by atoms with E-state index in [1.165, 1.54) is 5.56 Å². The number of fused-ring (bicyclic) bond motifs is 1. The van der Waals surface area contributed by atoms with E-state index in [0.717, 1.165) is 28.1 Å². The van der Waals surface area contributed by atoms with Crippen molar-refractivity contribution in [1.29, 1.82) is 0 Å². The summed E-state index contributed by atoms with van der Waals surface area (Å²) < 4.78 is 1.86. The molecule has 0 unspecified atom stereocenters. The first-order chi connectivity index (χ1) is 9.08. The van der Waals surface area contributed by atoms with Crippen LogP contribution in [0.25, 0.3) is 16.7 Å². The van der Waals surface area contributed by atoms with Crippen molar-refractivity contribution in [3.8, 4) is 5.82 Å². The van der Waals surface area contributed by atoms with Gasteiger partial charge in [-0.1, -0.05) is 0 Å². The Morgan fingerprint density at radius 3 is 2.58 bits per heavy atom. The lowest BCUT2D eigenvalue weighted by atomic mass is 10.2. The summed E-state index contributed by atoms with van der Waals surface area (Å²) in [5.41, 5.74) is 10.7. The normalized spacial score (nSPS) is 11.1. The molecule has 96 valence electrons. The molecule has 2 heterocycles. The number of hydrogen-bond acceptors (Lipinski definition) is 4. The van der Waals surface area contributed by atoms with E-state index in [1.807, 2.05) is 36.7 Å². The minimum absolute atomic E-state index is 0.696. The maximum Gasteiger partial charge on any atom is 0.164 e. The second-order valence-electron chi connectivity index (χ2n) is 4.68. The number of nitrogens with two attached hydrogens (primary N) is 1. The van der Waals surface area contributed by atoms with Crippen molar-refractivity contribution in [3.63, 3.8) is 0 Å². The van der Waals surface area contributed by atoms with E-state index < -0.39 is 0 Å². The first-order valence-corrected chi connectivity index (χ1v) is 6.11. The molecule has 0 aliphatic carbocycles. The number of rotatable bonds is 1. The summed E-state index contributed by atoms with van der Waals surface area (Å²) in [6.45, 7) is 6.10. The van der Waals surface area contributed by atoms with Gasteiger partial charge < -0.3 is 5.73 Å². The Bertz CT molecular complexity index is 773.